The smallest absolute Gasteiger partial charge is 0.382 e. The van der Waals surface area contributed by atoms with Crippen LogP contribution < -0.4 is 10.6 Å². The van der Waals surface area contributed by atoms with Crippen LogP contribution in [-0.4, -0.2) is 48.4 Å². The van der Waals surface area contributed by atoms with Crippen LogP contribution in [0.15, 0.2) is 30.3 Å². The molecule has 4 rings (SSSR count). The summed E-state index contributed by atoms with van der Waals surface area (Å²) >= 11 is 1.65. The van der Waals surface area contributed by atoms with E-state index in [2.05, 4.69) is 54.3 Å². The van der Waals surface area contributed by atoms with Crippen LogP contribution in [-0.2, 0) is 6.54 Å². The molecule has 8 heteroatoms. The van der Waals surface area contributed by atoms with Gasteiger partial charge in [0.15, 0.2) is 0 Å². The van der Waals surface area contributed by atoms with Gasteiger partial charge < -0.3 is 20.1 Å². The van der Waals surface area contributed by atoms with Crippen molar-refractivity contribution >= 4 is 32.9 Å². The zero-order valence-electron chi connectivity index (χ0n) is 19.1. The van der Waals surface area contributed by atoms with Crippen molar-refractivity contribution in [3.63, 3.8) is 0 Å². The van der Waals surface area contributed by atoms with Crippen molar-refractivity contribution in [1.29, 1.82) is 0 Å². The van der Waals surface area contributed by atoms with Crippen LogP contribution in [0.4, 0.5) is 23.9 Å². The molecular formula is C25H29F3N4S. The van der Waals surface area contributed by atoms with E-state index in [1.54, 1.807) is 23.5 Å². The molecule has 0 radical (unpaired) electrons. The number of aromatic nitrogens is 1. The molecule has 0 bridgehead atoms. The molecule has 1 aliphatic rings. The van der Waals surface area contributed by atoms with Crippen LogP contribution in [0, 0.1) is 25.7 Å². The van der Waals surface area contributed by atoms with Gasteiger partial charge in [-0.05, 0) is 82.6 Å². The normalized spacial score (nSPS) is 15.5. The van der Waals surface area contributed by atoms with Crippen molar-refractivity contribution in [2.24, 2.45) is 0 Å². The molecule has 1 aliphatic heterocycles. The number of nitrogens with one attached hydrogen (secondary N) is 2. The summed E-state index contributed by atoms with van der Waals surface area (Å²) in [6, 6.07) is 9.65. The van der Waals surface area contributed by atoms with E-state index in [1.807, 2.05) is 12.1 Å². The lowest BCUT2D eigenvalue weighted by Crippen LogP contribution is -2.36. The predicted molar refractivity (Wildman–Crippen MR) is 131 cm³/mol. The Bertz CT molecular complexity index is 1150. The number of rotatable bonds is 5. The summed E-state index contributed by atoms with van der Waals surface area (Å²) in [5.74, 6) is 5.98. The van der Waals surface area contributed by atoms with Crippen LogP contribution in [0.3, 0.4) is 0 Å². The standard InChI is InChI=1S/C25H29F3N4S/c1-17-14-24(33-18(17)2)29-11-5-6-20-15-21-22(30-19-9-12-31(3)13-10-19)7-4-8-23(21)32(20)16-25(26,27)28/h4,7-8,14-15,19,29-30H,9-13,16H2,1-3H3. The van der Waals surface area contributed by atoms with Crippen molar-refractivity contribution < 1.29 is 13.2 Å². The molecule has 0 spiro atoms. The van der Waals surface area contributed by atoms with Gasteiger partial charge in [-0.2, -0.15) is 13.2 Å². The molecule has 3 heterocycles. The average Bonchev–Trinajstić information content (AvgIpc) is 3.26. The molecule has 3 aromatic rings. The molecule has 0 amide bonds. The third kappa shape index (κ3) is 5.84. The maximum absolute atomic E-state index is 13.4. The summed E-state index contributed by atoms with van der Waals surface area (Å²) in [5, 5.41) is 8.60. The van der Waals surface area contributed by atoms with E-state index in [9.17, 15) is 13.2 Å². The van der Waals surface area contributed by atoms with Gasteiger partial charge in [0.05, 0.1) is 22.8 Å². The van der Waals surface area contributed by atoms with Gasteiger partial charge in [-0.15, -0.1) is 11.3 Å². The number of likely N-dealkylation sites (tertiary alicyclic amines) is 1. The minimum atomic E-state index is -4.33. The molecule has 0 saturated carbocycles. The third-order valence-electron chi connectivity index (χ3n) is 6.09. The number of alkyl halides is 3. The maximum Gasteiger partial charge on any atom is 0.406 e. The Labute approximate surface area is 196 Å². The summed E-state index contributed by atoms with van der Waals surface area (Å²) in [6.45, 7) is 5.44. The summed E-state index contributed by atoms with van der Waals surface area (Å²) in [4.78, 5) is 3.53. The Morgan fingerprint density at radius 2 is 1.91 bits per heavy atom. The van der Waals surface area contributed by atoms with Crippen molar-refractivity contribution in [2.45, 2.75) is 45.5 Å². The zero-order valence-corrected chi connectivity index (χ0v) is 20.0. The Morgan fingerprint density at radius 3 is 2.58 bits per heavy atom. The van der Waals surface area contributed by atoms with Crippen molar-refractivity contribution in [1.82, 2.24) is 9.47 Å². The van der Waals surface area contributed by atoms with Gasteiger partial charge in [0.1, 0.15) is 6.54 Å². The first kappa shape index (κ1) is 23.5. The molecule has 4 nitrogen and oxygen atoms in total. The van der Waals surface area contributed by atoms with Crippen LogP contribution >= 0.6 is 11.3 Å². The fourth-order valence-corrected chi connectivity index (χ4v) is 5.09. The Kier molecular flexibility index (Phi) is 6.91. The number of piperidine rings is 1. The van der Waals surface area contributed by atoms with Gasteiger partial charge in [-0.25, -0.2) is 0 Å². The van der Waals surface area contributed by atoms with E-state index in [1.165, 1.54) is 15.0 Å². The average molecular weight is 475 g/mol. The second kappa shape index (κ2) is 9.70. The largest absolute Gasteiger partial charge is 0.406 e. The van der Waals surface area contributed by atoms with E-state index < -0.39 is 12.7 Å². The molecule has 1 aromatic carbocycles. The molecule has 0 atom stereocenters. The number of fused-ring (bicyclic) bond motifs is 1. The second-order valence-electron chi connectivity index (χ2n) is 8.70. The van der Waals surface area contributed by atoms with E-state index >= 15 is 0 Å². The highest BCUT2D eigenvalue weighted by atomic mass is 32.1. The Balaban J connectivity index is 1.60. The number of benzene rings is 1. The van der Waals surface area contributed by atoms with Crippen LogP contribution in [0.5, 0.6) is 0 Å². The fourth-order valence-electron chi connectivity index (χ4n) is 4.16. The fraction of sp³-hybridized carbons (Fsp3) is 0.440. The Morgan fingerprint density at radius 1 is 1.15 bits per heavy atom. The Hall–Kier alpha value is -2.63. The lowest BCUT2D eigenvalue weighted by molar-refractivity contribution is -0.140. The molecular weight excluding hydrogens is 445 g/mol. The first-order valence-electron chi connectivity index (χ1n) is 11.1. The first-order valence-corrected chi connectivity index (χ1v) is 11.9. The SMILES string of the molecule is Cc1cc(NCC#Cc2cc3c(NC4CCN(C)CC4)cccc3n2CC(F)(F)F)sc1C. The second-order valence-corrected chi connectivity index (χ2v) is 9.95. The maximum atomic E-state index is 13.4. The van der Waals surface area contributed by atoms with Gasteiger partial charge in [0.25, 0.3) is 0 Å². The summed E-state index contributed by atoms with van der Waals surface area (Å²) in [7, 11) is 2.11. The highest BCUT2D eigenvalue weighted by Crippen LogP contribution is 2.31. The van der Waals surface area contributed by atoms with Gasteiger partial charge >= 0.3 is 6.18 Å². The van der Waals surface area contributed by atoms with Crippen LogP contribution in [0.2, 0.25) is 0 Å². The number of halogens is 3. The number of aryl methyl sites for hydroxylation is 2. The number of anilines is 2. The van der Waals surface area contributed by atoms with E-state index in [0.717, 1.165) is 42.0 Å². The van der Waals surface area contributed by atoms with E-state index in [-0.39, 0.29) is 0 Å². The van der Waals surface area contributed by atoms with Gasteiger partial charge in [0.2, 0.25) is 0 Å². The van der Waals surface area contributed by atoms with E-state index in [0.29, 0.717) is 23.8 Å². The number of thiophene rings is 1. The highest BCUT2D eigenvalue weighted by molar-refractivity contribution is 7.16. The lowest BCUT2D eigenvalue weighted by Gasteiger charge is -2.30. The van der Waals surface area contributed by atoms with E-state index in [4.69, 9.17) is 0 Å². The predicted octanol–water partition coefficient (Wildman–Crippen LogP) is 5.85. The first-order chi connectivity index (χ1) is 15.7. The molecule has 1 saturated heterocycles. The molecule has 1 fully saturated rings. The summed E-state index contributed by atoms with van der Waals surface area (Å²) in [6.07, 6.45) is -2.31. The number of hydrogen-bond acceptors (Lipinski definition) is 4. The molecule has 0 unspecified atom stereocenters. The summed E-state index contributed by atoms with van der Waals surface area (Å²) < 4.78 is 41.4. The van der Waals surface area contributed by atoms with Crippen molar-refractivity contribution in [3.05, 3.63) is 46.5 Å². The molecule has 2 N–H and O–H groups in total. The minimum absolute atomic E-state index is 0.314. The third-order valence-corrected chi connectivity index (χ3v) is 7.21. The summed E-state index contributed by atoms with van der Waals surface area (Å²) in [5.41, 5.74) is 3.01. The highest BCUT2D eigenvalue weighted by Gasteiger charge is 2.30. The number of nitrogens with zero attached hydrogens (tertiary/aromatic N) is 2. The van der Waals surface area contributed by atoms with Gasteiger partial charge in [-0.3, -0.25) is 0 Å². The van der Waals surface area contributed by atoms with Gasteiger partial charge in [0, 0.05) is 22.0 Å². The number of hydrogen-bond donors (Lipinski definition) is 2. The van der Waals surface area contributed by atoms with Crippen LogP contribution in [0.25, 0.3) is 10.9 Å². The molecule has 0 aliphatic carbocycles. The quantitative estimate of drug-likeness (QED) is 0.455. The molecule has 176 valence electrons. The monoisotopic (exact) mass is 474 g/mol. The topological polar surface area (TPSA) is 32.2 Å². The van der Waals surface area contributed by atoms with Crippen molar-refractivity contribution in [3.8, 4) is 11.8 Å². The molecule has 2 aromatic heterocycles. The van der Waals surface area contributed by atoms with Crippen LogP contribution in [0.1, 0.15) is 29.0 Å². The zero-order chi connectivity index (χ0) is 23.6. The lowest BCUT2D eigenvalue weighted by atomic mass is 10.0. The van der Waals surface area contributed by atoms with Crippen molar-refractivity contribution in [2.75, 3.05) is 37.3 Å². The molecule has 33 heavy (non-hydrogen) atoms. The minimum Gasteiger partial charge on any atom is -0.382 e. The van der Waals surface area contributed by atoms with Gasteiger partial charge in [-0.1, -0.05) is 12.0 Å².